The Morgan fingerprint density at radius 1 is 1.33 bits per heavy atom. The molecule has 3 rings (SSSR count). The third kappa shape index (κ3) is 3.26. The van der Waals surface area contributed by atoms with Crippen LogP contribution in [0.2, 0.25) is 5.02 Å². The van der Waals surface area contributed by atoms with E-state index in [2.05, 4.69) is 10.1 Å². The van der Waals surface area contributed by atoms with Crippen LogP contribution in [-0.2, 0) is 11.2 Å². The van der Waals surface area contributed by atoms with Gasteiger partial charge < -0.3 is 14.9 Å². The summed E-state index contributed by atoms with van der Waals surface area (Å²) in [6, 6.07) is 10.6. The minimum atomic E-state index is -0.521. The molecule has 0 aliphatic rings. The van der Waals surface area contributed by atoms with Crippen LogP contribution in [0.3, 0.4) is 0 Å². The van der Waals surface area contributed by atoms with Crippen LogP contribution in [-0.4, -0.2) is 27.3 Å². The third-order valence-electron chi connectivity index (χ3n) is 3.15. The second kappa shape index (κ2) is 6.76. The Kier molecular flexibility index (Phi) is 4.52. The molecule has 2 N–H and O–H groups in total. The van der Waals surface area contributed by atoms with Gasteiger partial charge in [0.25, 0.3) is 5.95 Å². The molecular formula is C16H15ClN4O3. The van der Waals surface area contributed by atoms with Gasteiger partial charge in [0.1, 0.15) is 0 Å². The molecule has 0 fully saturated rings. The van der Waals surface area contributed by atoms with Crippen LogP contribution in [0.15, 0.2) is 40.8 Å². The van der Waals surface area contributed by atoms with Crippen molar-refractivity contribution in [2.75, 3.05) is 6.61 Å². The highest BCUT2D eigenvalue weighted by Crippen LogP contribution is 2.29. The lowest BCUT2D eigenvalue weighted by Gasteiger charge is -2.06. The van der Waals surface area contributed by atoms with E-state index in [-0.39, 0.29) is 12.2 Å². The van der Waals surface area contributed by atoms with E-state index in [0.717, 1.165) is 0 Å². The Labute approximate surface area is 143 Å². The molecule has 0 bridgehead atoms. The number of benzene rings is 1. The summed E-state index contributed by atoms with van der Waals surface area (Å²) in [5.41, 5.74) is 5.85. The van der Waals surface area contributed by atoms with Crippen LogP contribution in [0.5, 0.6) is 5.95 Å². The average molecular weight is 347 g/mol. The minimum Gasteiger partial charge on any atom is -0.465 e. The molecule has 2 aromatic heterocycles. The monoisotopic (exact) mass is 346 g/mol. The Hall–Kier alpha value is -2.80. The first-order valence-electron chi connectivity index (χ1n) is 7.30. The minimum absolute atomic E-state index is 0.0799. The lowest BCUT2D eigenvalue weighted by molar-refractivity contribution is -0.117. The summed E-state index contributed by atoms with van der Waals surface area (Å²) in [6.07, 6.45) is -0.0799. The zero-order chi connectivity index (χ0) is 17.1. The SMILES string of the molecule is CCOc1ccc(-c2nc(CC(N)=O)nn2-c2ccccc2Cl)o1. The first-order valence-corrected chi connectivity index (χ1v) is 7.68. The van der Waals surface area contributed by atoms with E-state index in [9.17, 15) is 4.79 Å². The Morgan fingerprint density at radius 2 is 2.12 bits per heavy atom. The van der Waals surface area contributed by atoms with Gasteiger partial charge in [0.15, 0.2) is 17.4 Å². The highest BCUT2D eigenvalue weighted by atomic mass is 35.5. The topological polar surface area (TPSA) is 96.2 Å². The number of carbonyl (C=O) groups excluding carboxylic acids is 1. The number of halogens is 1. The van der Waals surface area contributed by atoms with Crippen molar-refractivity contribution in [1.29, 1.82) is 0 Å². The van der Waals surface area contributed by atoms with Crippen molar-refractivity contribution in [3.05, 3.63) is 47.2 Å². The maximum absolute atomic E-state index is 11.2. The van der Waals surface area contributed by atoms with E-state index in [1.165, 1.54) is 4.68 Å². The summed E-state index contributed by atoms with van der Waals surface area (Å²) in [5, 5.41) is 4.82. The highest BCUT2D eigenvalue weighted by Gasteiger charge is 2.19. The average Bonchev–Trinajstić information content (AvgIpc) is 3.14. The second-order valence-corrected chi connectivity index (χ2v) is 5.32. The Morgan fingerprint density at radius 3 is 2.83 bits per heavy atom. The van der Waals surface area contributed by atoms with Gasteiger partial charge in [-0.15, -0.1) is 0 Å². The fourth-order valence-corrected chi connectivity index (χ4v) is 2.41. The standard InChI is InChI=1S/C16H15ClN4O3/c1-2-23-15-8-7-12(24-15)16-19-14(9-13(18)22)20-21(16)11-6-4-3-5-10(11)17/h3-8H,2,9H2,1H3,(H2,18,22). The van der Waals surface area contributed by atoms with Crippen molar-refractivity contribution < 1.29 is 13.9 Å². The molecule has 0 saturated heterocycles. The molecule has 0 aliphatic carbocycles. The fourth-order valence-electron chi connectivity index (χ4n) is 2.20. The van der Waals surface area contributed by atoms with Crippen LogP contribution in [0.1, 0.15) is 12.7 Å². The quantitative estimate of drug-likeness (QED) is 0.740. The van der Waals surface area contributed by atoms with Crippen LogP contribution in [0.25, 0.3) is 17.3 Å². The van der Waals surface area contributed by atoms with E-state index in [4.69, 9.17) is 26.5 Å². The predicted octanol–water partition coefficient (Wildman–Crippen LogP) is 2.61. The molecule has 3 aromatic rings. The van der Waals surface area contributed by atoms with Gasteiger partial charge in [0.2, 0.25) is 5.91 Å². The van der Waals surface area contributed by atoms with Crippen LogP contribution in [0, 0.1) is 0 Å². The number of hydrogen-bond acceptors (Lipinski definition) is 5. The van der Waals surface area contributed by atoms with Gasteiger partial charge in [-0.1, -0.05) is 23.7 Å². The lowest BCUT2D eigenvalue weighted by atomic mass is 10.3. The first-order chi connectivity index (χ1) is 11.6. The largest absolute Gasteiger partial charge is 0.465 e. The summed E-state index contributed by atoms with van der Waals surface area (Å²) >= 11 is 6.25. The van der Waals surface area contributed by atoms with Gasteiger partial charge in [0, 0.05) is 6.07 Å². The molecule has 7 nitrogen and oxygen atoms in total. The number of aromatic nitrogens is 3. The number of rotatable bonds is 6. The molecule has 0 aliphatic heterocycles. The molecule has 124 valence electrons. The molecule has 0 saturated carbocycles. The highest BCUT2D eigenvalue weighted by molar-refractivity contribution is 6.32. The molecule has 0 unspecified atom stereocenters. The number of carbonyl (C=O) groups is 1. The lowest BCUT2D eigenvalue weighted by Crippen LogP contribution is -2.14. The first kappa shape index (κ1) is 16.1. The van der Waals surface area contributed by atoms with Gasteiger partial charge >= 0.3 is 0 Å². The van der Waals surface area contributed by atoms with Crippen molar-refractivity contribution >= 4 is 17.5 Å². The maximum Gasteiger partial charge on any atom is 0.284 e. The van der Waals surface area contributed by atoms with Crippen molar-refractivity contribution in [3.63, 3.8) is 0 Å². The van der Waals surface area contributed by atoms with Gasteiger partial charge in [-0.3, -0.25) is 4.79 Å². The number of primary amides is 1. The van der Waals surface area contributed by atoms with Gasteiger partial charge in [-0.05, 0) is 25.1 Å². The number of nitrogens with zero attached hydrogens (tertiary/aromatic N) is 3. The number of nitrogens with two attached hydrogens (primary N) is 1. The van der Waals surface area contributed by atoms with Crippen LogP contribution < -0.4 is 10.5 Å². The molecule has 0 spiro atoms. The van der Waals surface area contributed by atoms with Crippen LogP contribution in [0.4, 0.5) is 0 Å². The number of hydrogen-bond donors (Lipinski definition) is 1. The van der Waals surface area contributed by atoms with Gasteiger partial charge in [-0.25, -0.2) is 9.67 Å². The number of ether oxygens (including phenoxy) is 1. The van der Waals surface area contributed by atoms with E-state index in [1.807, 2.05) is 19.1 Å². The molecule has 1 aromatic carbocycles. The van der Waals surface area contributed by atoms with E-state index in [1.54, 1.807) is 24.3 Å². The predicted molar refractivity (Wildman–Crippen MR) is 88.1 cm³/mol. The molecule has 24 heavy (non-hydrogen) atoms. The Bertz CT molecular complexity index is 872. The normalized spacial score (nSPS) is 10.8. The van der Waals surface area contributed by atoms with Crippen molar-refractivity contribution in [2.45, 2.75) is 13.3 Å². The molecule has 0 radical (unpaired) electrons. The summed E-state index contributed by atoms with van der Waals surface area (Å²) in [6.45, 7) is 2.34. The summed E-state index contributed by atoms with van der Waals surface area (Å²) in [5.74, 6) is 0.989. The number of para-hydroxylation sites is 1. The van der Waals surface area contributed by atoms with E-state index >= 15 is 0 Å². The molecule has 8 heteroatoms. The third-order valence-corrected chi connectivity index (χ3v) is 3.47. The summed E-state index contributed by atoms with van der Waals surface area (Å²) in [4.78, 5) is 15.5. The van der Waals surface area contributed by atoms with E-state index < -0.39 is 5.91 Å². The summed E-state index contributed by atoms with van der Waals surface area (Å²) < 4.78 is 12.5. The van der Waals surface area contributed by atoms with Crippen molar-refractivity contribution in [1.82, 2.24) is 14.8 Å². The van der Waals surface area contributed by atoms with Gasteiger partial charge in [0.05, 0.1) is 23.7 Å². The zero-order valence-corrected chi connectivity index (χ0v) is 13.7. The number of amides is 1. The van der Waals surface area contributed by atoms with E-state index in [0.29, 0.717) is 34.8 Å². The van der Waals surface area contributed by atoms with Crippen LogP contribution >= 0.6 is 11.6 Å². The number of furan rings is 1. The maximum atomic E-state index is 11.2. The van der Waals surface area contributed by atoms with Crippen molar-refractivity contribution in [3.8, 4) is 23.2 Å². The Balaban J connectivity index is 2.10. The molecule has 2 heterocycles. The molecular weight excluding hydrogens is 332 g/mol. The molecule has 1 amide bonds. The van der Waals surface area contributed by atoms with Gasteiger partial charge in [-0.2, -0.15) is 5.10 Å². The fraction of sp³-hybridized carbons (Fsp3) is 0.188. The zero-order valence-electron chi connectivity index (χ0n) is 12.9. The second-order valence-electron chi connectivity index (χ2n) is 4.91. The molecule has 0 atom stereocenters. The summed E-state index contributed by atoms with van der Waals surface area (Å²) in [7, 11) is 0. The smallest absolute Gasteiger partial charge is 0.284 e. The van der Waals surface area contributed by atoms with Crippen molar-refractivity contribution in [2.24, 2.45) is 5.73 Å².